The third-order valence-electron chi connectivity index (χ3n) is 14.1. The number of esters is 1. The first-order valence-corrected chi connectivity index (χ1v) is 24.5. The molecule has 0 spiro atoms. The van der Waals surface area contributed by atoms with Crippen LogP contribution in [0.4, 0.5) is 18.0 Å². The number of hydrogen-bond acceptors (Lipinski definition) is 11. The van der Waals surface area contributed by atoms with E-state index in [0.717, 1.165) is 0 Å². The first-order valence-electron chi connectivity index (χ1n) is 24.5. The molecular weight excluding hydrogens is 936 g/mol. The van der Waals surface area contributed by atoms with Crippen LogP contribution in [0.15, 0.2) is 67.4 Å². The molecule has 4 aliphatic heterocycles. The van der Waals surface area contributed by atoms with E-state index >= 15 is 0 Å². The summed E-state index contributed by atoms with van der Waals surface area (Å²) in [5.41, 5.74) is 5.84. The van der Waals surface area contributed by atoms with Crippen molar-refractivity contribution in [1.82, 2.24) is 45.0 Å². The maximum atomic E-state index is 14.8. The summed E-state index contributed by atoms with van der Waals surface area (Å²) in [6, 6.07) is 9.77. The Morgan fingerprint density at radius 3 is 2.58 bits per heavy atom. The van der Waals surface area contributed by atoms with Gasteiger partial charge in [-0.05, 0) is 80.1 Å². The minimum Gasteiger partial charge on any atom is -0.464 e. The molecule has 3 fully saturated rings. The third kappa shape index (κ3) is 10.9. The second kappa shape index (κ2) is 21.0. The lowest BCUT2D eigenvalue weighted by molar-refractivity contribution is -0.155. The molecule has 72 heavy (non-hydrogen) atoms. The van der Waals surface area contributed by atoms with Gasteiger partial charge in [-0.2, -0.15) is 13.2 Å². The smallest absolute Gasteiger partial charge is 0.406 e. The summed E-state index contributed by atoms with van der Waals surface area (Å²) in [7, 11) is 3.04. The summed E-state index contributed by atoms with van der Waals surface area (Å²) in [4.78, 5) is 84.4. The molecule has 5 amide bonds. The van der Waals surface area contributed by atoms with Gasteiger partial charge < -0.3 is 38.8 Å². The molecule has 3 aromatic heterocycles. The number of aromatic nitrogens is 3. The Balaban J connectivity index is 1.18. The summed E-state index contributed by atoms with van der Waals surface area (Å²) < 4.78 is 63.0. The fourth-order valence-corrected chi connectivity index (χ4v) is 10.6. The van der Waals surface area contributed by atoms with Crippen LogP contribution in [0.3, 0.4) is 0 Å². The number of rotatable bonds is 9. The van der Waals surface area contributed by atoms with Crippen LogP contribution in [0.1, 0.15) is 70.5 Å². The van der Waals surface area contributed by atoms with E-state index in [9.17, 15) is 37.1 Å². The SMILES string of the molecule is C=CC(=O)N1CCO[C@H]2CN(C(=O)N(C)[C@H](C(=O)N[C@H]3Cc4cccc(n4)-c4ccc5c(c4)c(c(-c4cccnc4[C@H](C)OC)n5CC(F)(F)F)CC(C)(C)COC(=O)[C@@H]4CCCN(N4)C3=O)C(C)C)C[C@H]21. The summed E-state index contributed by atoms with van der Waals surface area (Å²) in [6.45, 7) is 12.6. The Morgan fingerprint density at radius 2 is 1.86 bits per heavy atom. The van der Waals surface area contributed by atoms with Crippen molar-refractivity contribution in [1.29, 1.82) is 0 Å². The first kappa shape index (κ1) is 52.0. The molecule has 0 unspecified atom stereocenters. The van der Waals surface area contributed by atoms with Gasteiger partial charge in [0.2, 0.25) is 11.8 Å². The number of methoxy groups -OCH3 is 1. The van der Waals surface area contributed by atoms with Crippen LogP contribution in [0.2, 0.25) is 0 Å². The van der Waals surface area contributed by atoms with E-state index in [4.69, 9.17) is 19.2 Å². The highest BCUT2D eigenvalue weighted by molar-refractivity contribution is 5.96. The molecular formula is C52H64F3N9O8. The summed E-state index contributed by atoms with van der Waals surface area (Å²) in [5, 5.41) is 4.81. The highest BCUT2D eigenvalue weighted by atomic mass is 19.4. The molecule has 4 aromatic rings. The third-order valence-corrected chi connectivity index (χ3v) is 14.1. The van der Waals surface area contributed by atoms with Crippen LogP contribution in [0, 0.1) is 11.3 Å². The van der Waals surface area contributed by atoms with E-state index in [0.29, 0.717) is 76.4 Å². The molecule has 1 aromatic carbocycles. The van der Waals surface area contributed by atoms with Gasteiger partial charge >= 0.3 is 18.2 Å². The van der Waals surface area contributed by atoms with Gasteiger partial charge in [0.05, 0.1) is 55.1 Å². The van der Waals surface area contributed by atoms with Crippen LogP contribution in [-0.4, -0.2) is 154 Å². The molecule has 0 radical (unpaired) electrons. The largest absolute Gasteiger partial charge is 0.464 e. The van der Waals surface area contributed by atoms with Crippen LogP contribution >= 0.6 is 0 Å². The second-order valence-corrected chi connectivity index (χ2v) is 20.3. The molecule has 386 valence electrons. The van der Waals surface area contributed by atoms with Crippen molar-refractivity contribution < 1.29 is 51.4 Å². The first-order chi connectivity index (χ1) is 34.2. The number of alkyl halides is 3. The molecule has 3 saturated heterocycles. The van der Waals surface area contributed by atoms with Gasteiger partial charge in [0.25, 0.3) is 5.91 Å². The summed E-state index contributed by atoms with van der Waals surface area (Å²) in [5.74, 6) is -2.44. The van der Waals surface area contributed by atoms with Gasteiger partial charge in [-0.15, -0.1) is 0 Å². The van der Waals surface area contributed by atoms with E-state index in [-0.39, 0.29) is 51.0 Å². The predicted octanol–water partition coefficient (Wildman–Crippen LogP) is 5.86. The second-order valence-electron chi connectivity index (χ2n) is 20.3. The lowest BCUT2D eigenvalue weighted by atomic mass is 9.84. The summed E-state index contributed by atoms with van der Waals surface area (Å²) in [6.07, 6.45) is -1.92. The monoisotopic (exact) mass is 999 g/mol. The molecule has 17 nitrogen and oxygen atoms in total. The molecule has 4 aliphatic rings. The van der Waals surface area contributed by atoms with E-state index in [1.165, 1.54) is 34.7 Å². The van der Waals surface area contributed by atoms with Gasteiger partial charge in [-0.3, -0.25) is 34.2 Å². The number of nitrogens with one attached hydrogen (secondary N) is 2. The standard InChI is InChI=1S/C52H64F3N9O8/c1-9-43(65)62-21-22-71-42-27-61(26-41(42)62)50(69)60(7)45(30(2)3)47(66)58-39-24-33-13-10-15-37(57-33)32-17-18-40-35(23-32)36(25-51(5,6)29-72-49(68)38-16-12-20-64(59-38)48(39)67)46(63(40)28-52(53,54)55)34-14-11-19-56-44(34)31(4)70-8/h9-11,13-15,17-19,23,30-31,38-39,41-42,45,59H,1,12,16,20-22,24-29H2,2-8H3,(H,58,66)/t31-,38-,39-,41+,42-,45-/m0/s1. The van der Waals surface area contributed by atoms with Crippen molar-refractivity contribution in [3.05, 3.63) is 84.3 Å². The molecule has 0 saturated carbocycles. The number of carbonyl (C=O) groups excluding carboxylic acids is 5. The average molecular weight is 1000 g/mol. The van der Waals surface area contributed by atoms with Crippen molar-refractivity contribution in [2.45, 2.75) is 109 Å². The average Bonchev–Trinajstić information content (AvgIpc) is 3.92. The molecule has 8 rings (SSSR count). The molecule has 7 heterocycles. The number of urea groups is 1. The van der Waals surface area contributed by atoms with E-state index in [1.807, 2.05) is 19.9 Å². The number of amides is 5. The van der Waals surface area contributed by atoms with Crippen LogP contribution in [0.5, 0.6) is 0 Å². The van der Waals surface area contributed by atoms with Crippen molar-refractivity contribution in [3.63, 3.8) is 0 Å². The zero-order valence-electron chi connectivity index (χ0n) is 41.8. The Bertz CT molecular complexity index is 2730. The van der Waals surface area contributed by atoms with E-state index in [1.54, 1.807) is 79.2 Å². The van der Waals surface area contributed by atoms with Gasteiger partial charge in [0.1, 0.15) is 24.7 Å². The van der Waals surface area contributed by atoms with Gasteiger partial charge in [0, 0.05) is 79.5 Å². The Hall–Kier alpha value is -6.38. The van der Waals surface area contributed by atoms with Gasteiger partial charge in [0.15, 0.2) is 0 Å². The number of fused-ring (bicyclic) bond motifs is 7. The number of carbonyl (C=O) groups is 5. The zero-order valence-corrected chi connectivity index (χ0v) is 41.8. The Morgan fingerprint density at radius 1 is 1.08 bits per heavy atom. The zero-order chi connectivity index (χ0) is 51.8. The number of nitrogens with zero attached hydrogens (tertiary/aromatic N) is 7. The molecule has 20 heteroatoms. The van der Waals surface area contributed by atoms with Crippen molar-refractivity contribution in [3.8, 4) is 22.5 Å². The van der Waals surface area contributed by atoms with Crippen molar-refractivity contribution in [2.24, 2.45) is 11.3 Å². The summed E-state index contributed by atoms with van der Waals surface area (Å²) >= 11 is 0. The van der Waals surface area contributed by atoms with Gasteiger partial charge in [-0.25, -0.2) is 10.2 Å². The number of hydrazine groups is 1. The van der Waals surface area contributed by atoms with Gasteiger partial charge in [-0.1, -0.05) is 46.4 Å². The number of halogens is 3. The Kier molecular flexibility index (Phi) is 15.1. The number of benzene rings is 1. The number of ether oxygens (including phenoxy) is 3. The molecule has 6 atom stereocenters. The maximum absolute atomic E-state index is 14.8. The minimum absolute atomic E-state index is 0.108. The highest BCUT2D eigenvalue weighted by Crippen LogP contribution is 2.43. The fraction of sp³-hybridized carbons (Fsp3) is 0.519. The van der Waals surface area contributed by atoms with Crippen LogP contribution < -0.4 is 10.7 Å². The number of hydrogen-bond donors (Lipinski definition) is 2. The number of likely N-dealkylation sites (tertiary alicyclic amines) is 1. The predicted molar refractivity (Wildman–Crippen MR) is 261 cm³/mol. The quantitative estimate of drug-likeness (QED) is 0.152. The topological polar surface area (TPSA) is 181 Å². The Labute approximate surface area is 417 Å². The number of likely N-dealkylation sites (N-methyl/N-ethyl adjacent to an activating group) is 1. The molecule has 6 bridgehead atoms. The van der Waals surface area contributed by atoms with E-state index in [2.05, 4.69) is 22.3 Å². The van der Waals surface area contributed by atoms with E-state index < -0.39 is 78.2 Å². The molecule has 2 N–H and O–H groups in total. The lowest BCUT2D eigenvalue weighted by Gasteiger charge is -2.37. The minimum atomic E-state index is -4.61. The number of pyridine rings is 2. The van der Waals surface area contributed by atoms with Crippen molar-refractivity contribution >= 4 is 40.6 Å². The number of morpholine rings is 1. The number of cyclic esters (lactones) is 1. The van der Waals surface area contributed by atoms with Crippen LogP contribution in [-0.2, 0) is 52.8 Å². The normalized spacial score (nSPS) is 22.5. The van der Waals surface area contributed by atoms with Crippen LogP contribution in [0.25, 0.3) is 33.4 Å². The molecule has 0 aliphatic carbocycles. The highest BCUT2D eigenvalue weighted by Gasteiger charge is 2.46. The fourth-order valence-electron chi connectivity index (χ4n) is 10.6. The lowest BCUT2D eigenvalue weighted by Crippen LogP contribution is -2.62. The maximum Gasteiger partial charge on any atom is 0.406 e. The van der Waals surface area contributed by atoms with Crippen molar-refractivity contribution in [2.75, 3.05) is 53.6 Å².